The number of hydrogen-bond donors (Lipinski definition) is 1. The zero-order valence-corrected chi connectivity index (χ0v) is 8.09. The molecule has 0 aromatic carbocycles. The second kappa shape index (κ2) is 4.63. The third kappa shape index (κ3) is 2.68. The third-order valence-electron chi connectivity index (χ3n) is 1.91. The maximum atomic E-state index is 12.4. The number of nitrogens with zero attached hydrogens (tertiary/aromatic N) is 2. The fourth-order valence-electron chi connectivity index (χ4n) is 1.19. The van der Waals surface area contributed by atoms with Crippen LogP contribution >= 0.6 is 0 Å². The molecule has 8 heteroatoms. The molecule has 0 radical (unpaired) electrons. The number of aromatic nitrogens is 1. The Hall–Kier alpha value is -1.75. The van der Waals surface area contributed by atoms with E-state index in [-0.39, 0.29) is 6.07 Å². The summed E-state index contributed by atoms with van der Waals surface area (Å²) in [4.78, 5) is 2.99. The first-order valence-corrected chi connectivity index (χ1v) is 4.21. The average molecular weight is 252 g/mol. The van der Waals surface area contributed by atoms with Crippen LogP contribution in [0, 0.1) is 11.3 Å². The smallest absolute Gasteiger partial charge is 0.390 e. The first kappa shape index (κ1) is 13.3. The van der Waals surface area contributed by atoms with E-state index < -0.39 is 41.7 Å². The average Bonchev–Trinajstić information content (AvgIpc) is 2.25. The summed E-state index contributed by atoms with van der Waals surface area (Å²) in [6.45, 7) is -1.14. The summed E-state index contributed by atoms with van der Waals surface area (Å²) < 4.78 is 62.1. The van der Waals surface area contributed by atoms with Crippen molar-refractivity contribution in [3.63, 3.8) is 0 Å². The van der Waals surface area contributed by atoms with Crippen molar-refractivity contribution < 1.29 is 27.1 Å². The van der Waals surface area contributed by atoms with E-state index in [0.29, 0.717) is 0 Å². The molecule has 0 saturated heterocycles. The van der Waals surface area contributed by atoms with Gasteiger partial charge >= 0.3 is 6.18 Å². The zero-order chi connectivity index (χ0) is 13.2. The van der Waals surface area contributed by atoms with Crippen LogP contribution in [0.3, 0.4) is 0 Å². The molecular formula is C9H5F5N2O. The number of hydrogen-bond acceptors (Lipinski definition) is 3. The van der Waals surface area contributed by atoms with E-state index in [1.165, 1.54) is 6.07 Å². The molecule has 1 N–H and O–H groups in total. The number of rotatable bonds is 2. The summed E-state index contributed by atoms with van der Waals surface area (Å²) in [6.07, 6.45) is -8.05. The lowest BCUT2D eigenvalue weighted by atomic mass is 10.1. The molecule has 0 fully saturated rings. The van der Waals surface area contributed by atoms with E-state index in [1.54, 1.807) is 0 Å². The van der Waals surface area contributed by atoms with Gasteiger partial charge in [0.1, 0.15) is 11.8 Å². The number of alkyl halides is 5. The fraction of sp³-hybridized carbons (Fsp3) is 0.333. The first-order valence-electron chi connectivity index (χ1n) is 4.21. The SMILES string of the molecule is N#Cc1cc(C(F)(F)F)c(CO)nc1C(F)F. The van der Waals surface area contributed by atoms with Gasteiger partial charge in [0, 0.05) is 0 Å². The molecule has 0 saturated carbocycles. The summed E-state index contributed by atoms with van der Waals surface area (Å²) >= 11 is 0. The Kier molecular flexibility index (Phi) is 3.63. The van der Waals surface area contributed by atoms with Gasteiger partial charge in [-0.1, -0.05) is 0 Å². The Morgan fingerprint density at radius 3 is 2.35 bits per heavy atom. The zero-order valence-electron chi connectivity index (χ0n) is 8.09. The Labute approximate surface area is 92.1 Å². The predicted molar refractivity (Wildman–Crippen MR) is 44.8 cm³/mol. The van der Waals surface area contributed by atoms with Crippen LogP contribution < -0.4 is 0 Å². The van der Waals surface area contributed by atoms with Crippen molar-refractivity contribution in [2.45, 2.75) is 19.2 Å². The fourth-order valence-corrected chi connectivity index (χ4v) is 1.19. The lowest BCUT2D eigenvalue weighted by Crippen LogP contribution is -2.13. The van der Waals surface area contributed by atoms with Crippen LogP contribution in [0.2, 0.25) is 0 Å². The lowest BCUT2D eigenvalue weighted by Gasteiger charge is -2.13. The normalized spacial score (nSPS) is 11.6. The van der Waals surface area contributed by atoms with E-state index in [9.17, 15) is 22.0 Å². The topological polar surface area (TPSA) is 56.9 Å². The molecule has 1 aromatic heterocycles. The summed E-state index contributed by atoms with van der Waals surface area (Å²) in [6, 6.07) is 1.48. The van der Waals surface area contributed by atoms with Gasteiger partial charge in [0.2, 0.25) is 0 Å². The first-order chi connectivity index (χ1) is 7.81. The Balaban J connectivity index is 3.51. The monoisotopic (exact) mass is 252 g/mol. The van der Waals surface area contributed by atoms with Crippen molar-refractivity contribution in [1.29, 1.82) is 5.26 Å². The van der Waals surface area contributed by atoms with Crippen molar-refractivity contribution in [3.8, 4) is 6.07 Å². The van der Waals surface area contributed by atoms with Gasteiger partial charge in [0.15, 0.2) is 0 Å². The van der Waals surface area contributed by atoms with Gasteiger partial charge in [-0.05, 0) is 6.07 Å². The number of pyridine rings is 1. The van der Waals surface area contributed by atoms with Gasteiger partial charge < -0.3 is 5.11 Å². The Morgan fingerprint density at radius 1 is 1.41 bits per heavy atom. The highest BCUT2D eigenvalue weighted by molar-refractivity contribution is 5.40. The lowest BCUT2D eigenvalue weighted by molar-refractivity contribution is -0.139. The van der Waals surface area contributed by atoms with E-state index in [2.05, 4.69) is 4.98 Å². The summed E-state index contributed by atoms with van der Waals surface area (Å²) in [7, 11) is 0. The standard InChI is InChI=1S/C9H5F5N2O/c10-8(11)7-4(2-15)1-5(9(12,13)14)6(3-17)16-7/h1,8,17H,3H2. The second-order valence-electron chi connectivity index (χ2n) is 2.98. The molecule has 0 amide bonds. The predicted octanol–water partition coefficient (Wildman–Crippen LogP) is 2.40. The second-order valence-corrected chi connectivity index (χ2v) is 2.98. The molecule has 0 aliphatic heterocycles. The Bertz CT molecular complexity index is 464. The van der Waals surface area contributed by atoms with Crippen molar-refractivity contribution in [3.05, 3.63) is 28.6 Å². The summed E-state index contributed by atoms with van der Waals surface area (Å²) in [5.74, 6) is 0. The summed E-state index contributed by atoms with van der Waals surface area (Å²) in [5, 5.41) is 17.1. The van der Waals surface area contributed by atoms with Gasteiger partial charge in [-0.15, -0.1) is 0 Å². The van der Waals surface area contributed by atoms with Gasteiger partial charge in [0.05, 0.1) is 23.4 Å². The summed E-state index contributed by atoms with van der Waals surface area (Å²) in [5.41, 5.74) is -4.23. The molecule has 0 aliphatic rings. The van der Waals surface area contributed by atoms with Crippen LogP contribution in [-0.4, -0.2) is 10.1 Å². The van der Waals surface area contributed by atoms with Crippen LogP contribution in [0.5, 0.6) is 0 Å². The third-order valence-corrected chi connectivity index (χ3v) is 1.91. The van der Waals surface area contributed by atoms with Gasteiger partial charge in [-0.2, -0.15) is 18.4 Å². The minimum absolute atomic E-state index is 0.264. The number of aliphatic hydroxyl groups excluding tert-OH is 1. The molecule has 92 valence electrons. The molecule has 0 bridgehead atoms. The number of aliphatic hydroxyl groups is 1. The molecule has 0 atom stereocenters. The highest BCUT2D eigenvalue weighted by atomic mass is 19.4. The molecule has 3 nitrogen and oxygen atoms in total. The molecule has 0 aliphatic carbocycles. The molecule has 1 heterocycles. The highest BCUT2D eigenvalue weighted by Gasteiger charge is 2.35. The van der Waals surface area contributed by atoms with Gasteiger partial charge in [-0.3, -0.25) is 0 Å². The maximum Gasteiger partial charge on any atom is 0.418 e. The van der Waals surface area contributed by atoms with Crippen LogP contribution in [0.15, 0.2) is 6.07 Å². The number of nitriles is 1. The molecule has 17 heavy (non-hydrogen) atoms. The number of halogens is 5. The molecular weight excluding hydrogens is 247 g/mol. The van der Waals surface area contributed by atoms with Crippen molar-refractivity contribution >= 4 is 0 Å². The quantitative estimate of drug-likeness (QED) is 0.822. The van der Waals surface area contributed by atoms with E-state index in [0.717, 1.165) is 0 Å². The van der Waals surface area contributed by atoms with Gasteiger partial charge in [-0.25, -0.2) is 13.8 Å². The maximum absolute atomic E-state index is 12.4. The van der Waals surface area contributed by atoms with Crippen molar-refractivity contribution in [2.75, 3.05) is 0 Å². The van der Waals surface area contributed by atoms with E-state index in [1.807, 2.05) is 0 Å². The largest absolute Gasteiger partial charge is 0.418 e. The van der Waals surface area contributed by atoms with Crippen LogP contribution in [0.25, 0.3) is 0 Å². The molecule has 0 spiro atoms. The van der Waals surface area contributed by atoms with Crippen molar-refractivity contribution in [1.82, 2.24) is 4.98 Å². The van der Waals surface area contributed by atoms with Crippen molar-refractivity contribution in [2.24, 2.45) is 0 Å². The minimum atomic E-state index is -4.86. The Morgan fingerprint density at radius 2 is 2.00 bits per heavy atom. The molecule has 1 rings (SSSR count). The van der Waals surface area contributed by atoms with Crippen LogP contribution in [-0.2, 0) is 12.8 Å². The molecule has 1 aromatic rings. The van der Waals surface area contributed by atoms with Crippen LogP contribution in [0.4, 0.5) is 22.0 Å². The highest BCUT2D eigenvalue weighted by Crippen LogP contribution is 2.34. The minimum Gasteiger partial charge on any atom is -0.390 e. The van der Waals surface area contributed by atoms with Crippen LogP contribution in [0.1, 0.15) is 28.9 Å². The van der Waals surface area contributed by atoms with E-state index in [4.69, 9.17) is 10.4 Å². The van der Waals surface area contributed by atoms with E-state index >= 15 is 0 Å². The van der Waals surface area contributed by atoms with Gasteiger partial charge in [0.25, 0.3) is 6.43 Å². The molecule has 0 unspecified atom stereocenters.